The van der Waals surface area contributed by atoms with E-state index in [-0.39, 0.29) is 72.8 Å². The molecule has 3 N–H and O–H groups in total. The minimum Gasteiger partial charge on any atom is -0.460 e. The third-order valence-corrected chi connectivity index (χ3v) is 9.66. The number of thiazole rings is 1. The van der Waals surface area contributed by atoms with E-state index < -0.39 is 40.9 Å². The molecule has 4 rings (SSSR count). The van der Waals surface area contributed by atoms with Crippen molar-refractivity contribution in [2.75, 3.05) is 20.1 Å². The molecule has 18 heteroatoms. The fourth-order valence-electron chi connectivity index (χ4n) is 6.36. The second kappa shape index (κ2) is 19.6. The third-order valence-electron chi connectivity index (χ3n) is 8.72. The van der Waals surface area contributed by atoms with Gasteiger partial charge in [-0.05, 0) is 99.6 Å². The number of ether oxygens (including phenoxy) is 3. The number of aromatic nitrogens is 3. The zero-order valence-corrected chi connectivity index (χ0v) is 36.5. The number of carbonyl (C=O) groups excluding carboxylic acids is 6. The summed E-state index contributed by atoms with van der Waals surface area (Å²) in [5, 5.41) is 9.70. The molecule has 1 aliphatic heterocycles. The van der Waals surface area contributed by atoms with Gasteiger partial charge in [0.1, 0.15) is 38.8 Å². The lowest BCUT2D eigenvalue weighted by Gasteiger charge is -2.22. The topological polar surface area (TPSA) is 212 Å². The molecule has 0 bridgehead atoms. The zero-order valence-electron chi connectivity index (χ0n) is 35.7. The maximum Gasteiger partial charge on any atom is 0.414 e. The summed E-state index contributed by atoms with van der Waals surface area (Å²) in [6, 6.07) is 4.97. The minimum absolute atomic E-state index is 0.104. The molecule has 0 unspecified atom stereocenters. The summed E-state index contributed by atoms with van der Waals surface area (Å²) in [7, 11) is 1.50. The highest BCUT2D eigenvalue weighted by atomic mass is 32.1. The molecule has 1 fully saturated rings. The average Bonchev–Trinajstić information content (AvgIpc) is 3.86. The molecular formula is C41H58N8O9S. The first-order chi connectivity index (χ1) is 27.5. The quantitative estimate of drug-likeness (QED) is 0.0438. The van der Waals surface area contributed by atoms with Crippen LogP contribution in [0.25, 0.3) is 5.65 Å². The molecule has 3 aromatic heterocycles. The van der Waals surface area contributed by atoms with Crippen LogP contribution < -0.4 is 16.0 Å². The van der Waals surface area contributed by atoms with Crippen molar-refractivity contribution in [3.8, 4) is 0 Å². The van der Waals surface area contributed by atoms with Crippen LogP contribution in [0.3, 0.4) is 0 Å². The number of carbonyl (C=O) groups is 6. The number of pyridine rings is 1. The molecular weight excluding hydrogens is 781 g/mol. The predicted octanol–water partition coefficient (Wildman–Crippen LogP) is 6.24. The summed E-state index contributed by atoms with van der Waals surface area (Å²) in [6.07, 6.45) is 3.59. The van der Waals surface area contributed by atoms with Crippen molar-refractivity contribution >= 4 is 58.7 Å². The highest BCUT2D eigenvalue weighted by molar-refractivity contribution is 7.10. The normalized spacial score (nSPS) is 16.2. The molecule has 3 aromatic rings. The van der Waals surface area contributed by atoms with Crippen LogP contribution in [0.15, 0.2) is 41.0 Å². The van der Waals surface area contributed by atoms with Crippen molar-refractivity contribution in [2.24, 2.45) is 16.8 Å². The summed E-state index contributed by atoms with van der Waals surface area (Å²) in [5.41, 5.74) is -1.17. The molecule has 4 heterocycles. The van der Waals surface area contributed by atoms with E-state index in [4.69, 9.17) is 14.2 Å². The lowest BCUT2D eigenvalue weighted by molar-refractivity contribution is -0.155. The number of amides is 4. The van der Waals surface area contributed by atoms with Gasteiger partial charge in [-0.2, -0.15) is 0 Å². The van der Waals surface area contributed by atoms with Crippen molar-refractivity contribution in [1.82, 2.24) is 35.2 Å². The number of guanidine groups is 1. The number of Topliss-reactive ketones (excluding diaryl/α,β-unsaturated/α-hetero) is 1. The number of rotatable bonds is 13. The lowest BCUT2D eigenvalue weighted by atomic mass is 9.94. The fourth-order valence-corrected chi connectivity index (χ4v) is 7.31. The molecule has 1 aliphatic rings. The van der Waals surface area contributed by atoms with E-state index >= 15 is 0 Å². The number of likely N-dealkylation sites (tertiary alicyclic amines) is 1. The van der Waals surface area contributed by atoms with E-state index in [1.165, 1.54) is 18.4 Å². The van der Waals surface area contributed by atoms with Crippen LogP contribution in [0.5, 0.6) is 0 Å². The van der Waals surface area contributed by atoms with Gasteiger partial charge in [0, 0.05) is 50.2 Å². The van der Waals surface area contributed by atoms with E-state index in [9.17, 15) is 28.8 Å². The maximum absolute atomic E-state index is 14.0. The van der Waals surface area contributed by atoms with Gasteiger partial charge in [0.25, 0.3) is 5.91 Å². The first kappa shape index (κ1) is 46.3. The Kier molecular flexibility index (Phi) is 15.4. The summed E-state index contributed by atoms with van der Waals surface area (Å²) in [6.45, 7) is 16.1. The van der Waals surface area contributed by atoms with E-state index in [0.29, 0.717) is 36.3 Å². The summed E-state index contributed by atoms with van der Waals surface area (Å²) in [5.74, 6) is -2.33. The second-order valence-electron chi connectivity index (χ2n) is 17.4. The largest absolute Gasteiger partial charge is 0.460 e. The molecule has 59 heavy (non-hydrogen) atoms. The Morgan fingerprint density at radius 1 is 0.881 bits per heavy atom. The van der Waals surface area contributed by atoms with Crippen molar-refractivity contribution in [3.63, 3.8) is 0 Å². The number of alkyl carbamates (subject to hydrolysis) is 2. The van der Waals surface area contributed by atoms with Crippen LogP contribution in [0, 0.1) is 11.8 Å². The SMILES string of the molecule is CNC(=O)[C@H](CCCCN=C(NC(=O)OC(C)(C)C)NC(=O)OC(C)(C)C)CC(=O)c1csc([C@@H]2C[C@@H](CC(=O)OC(C)(C)C)CN2C(=O)c2cn3ccccc3n2)n1. The average molecular weight is 839 g/mol. The minimum atomic E-state index is -0.810. The number of aliphatic imine (C=N–C) groups is 1. The molecule has 1 saturated heterocycles. The number of nitrogens with one attached hydrogen (secondary N) is 3. The Morgan fingerprint density at radius 3 is 2.12 bits per heavy atom. The van der Waals surface area contributed by atoms with Crippen LogP contribution in [0.4, 0.5) is 9.59 Å². The van der Waals surface area contributed by atoms with Crippen molar-refractivity contribution in [2.45, 2.75) is 124 Å². The lowest BCUT2D eigenvalue weighted by Crippen LogP contribution is -2.47. The summed E-state index contributed by atoms with van der Waals surface area (Å²) < 4.78 is 17.9. The standard InChI is InChI=1S/C41H58N8O9S/c1-39(2,3)56-32(51)20-25-19-29(49(22-25)35(53)27-23-48-18-14-12-16-31(48)44-27)34-45-28(24-59-34)30(50)21-26(33(52)42-10)15-11-13-17-43-36(46-37(54)57-40(4,5)6)47-38(55)58-41(7,8)9/h12,14,16,18,23-26,29H,11,13,15,17,19-22H2,1-10H3,(H,42,52)(H2,43,46,47,54,55)/t25-,26+,29-/m0/s1. The third kappa shape index (κ3) is 14.7. The monoisotopic (exact) mass is 838 g/mol. The Labute approximate surface area is 349 Å². The summed E-state index contributed by atoms with van der Waals surface area (Å²) >= 11 is 1.25. The Hall–Kier alpha value is -5.39. The fraction of sp³-hybridized carbons (Fsp3) is 0.585. The van der Waals surface area contributed by atoms with Gasteiger partial charge in [0.15, 0.2) is 5.78 Å². The first-order valence-electron chi connectivity index (χ1n) is 19.7. The Balaban J connectivity index is 1.43. The highest BCUT2D eigenvalue weighted by Gasteiger charge is 2.40. The number of unbranched alkanes of at least 4 members (excludes halogenated alkanes) is 1. The van der Waals surface area contributed by atoms with Crippen molar-refractivity contribution in [3.05, 3.63) is 52.4 Å². The molecule has 0 saturated carbocycles. The molecule has 322 valence electrons. The van der Waals surface area contributed by atoms with Gasteiger partial charge in [-0.25, -0.2) is 19.6 Å². The van der Waals surface area contributed by atoms with Gasteiger partial charge in [-0.15, -0.1) is 11.3 Å². The van der Waals surface area contributed by atoms with Crippen LogP contribution in [0.2, 0.25) is 0 Å². The number of imidazole rings is 1. The van der Waals surface area contributed by atoms with Crippen LogP contribution in [-0.2, 0) is 23.8 Å². The highest BCUT2D eigenvalue weighted by Crippen LogP contribution is 2.40. The molecule has 0 spiro atoms. The molecule has 0 radical (unpaired) electrons. The number of fused-ring (bicyclic) bond motifs is 1. The second-order valence-corrected chi connectivity index (χ2v) is 18.3. The number of nitrogens with zero attached hydrogens (tertiary/aromatic N) is 5. The molecule has 0 aromatic carbocycles. The zero-order chi connectivity index (χ0) is 43.7. The van der Waals surface area contributed by atoms with Gasteiger partial charge in [-0.1, -0.05) is 12.5 Å². The molecule has 0 aliphatic carbocycles. The number of ketones is 1. The van der Waals surface area contributed by atoms with Gasteiger partial charge < -0.3 is 28.8 Å². The van der Waals surface area contributed by atoms with E-state index in [0.717, 1.165) is 0 Å². The van der Waals surface area contributed by atoms with Gasteiger partial charge in [0.05, 0.1) is 12.5 Å². The van der Waals surface area contributed by atoms with Gasteiger partial charge in [-0.3, -0.25) is 34.8 Å². The van der Waals surface area contributed by atoms with Gasteiger partial charge >= 0.3 is 18.2 Å². The maximum atomic E-state index is 14.0. The number of esters is 1. The van der Waals surface area contributed by atoms with Crippen molar-refractivity contribution in [1.29, 1.82) is 0 Å². The van der Waals surface area contributed by atoms with Gasteiger partial charge in [0.2, 0.25) is 11.9 Å². The van der Waals surface area contributed by atoms with Crippen LogP contribution in [-0.4, -0.2) is 97.9 Å². The summed E-state index contributed by atoms with van der Waals surface area (Å²) in [4.78, 5) is 93.4. The van der Waals surface area contributed by atoms with E-state index in [1.807, 2.05) is 12.1 Å². The Bertz CT molecular complexity index is 1960. The molecule has 17 nitrogen and oxygen atoms in total. The van der Waals surface area contributed by atoms with E-state index in [1.54, 1.807) is 95.5 Å². The number of hydrogen-bond donors (Lipinski definition) is 3. The molecule has 3 atom stereocenters. The first-order valence-corrected chi connectivity index (χ1v) is 20.6. The van der Waals surface area contributed by atoms with Crippen molar-refractivity contribution < 1.29 is 43.0 Å². The van der Waals surface area contributed by atoms with E-state index in [2.05, 4.69) is 30.9 Å². The van der Waals surface area contributed by atoms with Crippen LogP contribution >= 0.6 is 11.3 Å². The smallest absolute Gasteiger partial charge is 0.414 e. The predicted molar refractivity (Wildman–Crippen MR) is 221 cm³/mol. The molecule has 4 amide bonds. The Morgan fingerprint density at radius 2 is 1.53 bits per heavy atom. The number of hydrogen-bond acceptors (Lipinski definition) is 13. The van der Waals surface area contributed by atoms with Crippen LogP contribution in [0.1, 0.15) is 133 Å².